The SMILES string of the molecule is Cc1ccc(N2CCC[C@](O)(C(C)(C)N(C)C)C2)cn1. The second-order valence-corrected chi connectivity index (χ2v) is 6.67. The Morgan fingerprint density at radius 2 is 2.05 bits per heavy atom. The molecule has 1 aliphatic heterocycles. The Morgan fingerprint density at radius 1 is 1.35 bits per heavy atom. The first-order valence-electron chi connectivity index (χ1n) is 7.34. The quantitative estimate of drug-likeness (QED) is 0.918. The van der Waals surface area contributed by atoms with E-state index < -0.39 is 5.60 Å². The predicted molar refractivity (Wildman–Crippen MR) is 83.1 cm³/mol. The number of hydrogen-bond donors (Lipinski definition) is 1. The summed E-state index contributed by atoms with van der Waals surface area (Å²) in [6.07, 6.45) is 3.75. The number of aryl methyl sites for hydroxylation is 1. The van der Waals surface area contributed by atoms with Crippen LogP contribution in [-0.4, -0.2) is 53.3 Å². The van der Waals surface area contributed by atoms with Crippen LogP contribution in [0.5, 0.6) is 0 Å². The number of rotatable bonds is 3. The van der Waals surface area contributed by atoms with Crippen molar-refractivity contribution in [3.63, 3.8) is 0 Å². The highest BCUT2D eigenvalue weighted by atomic mass is 16.3. The summed E-state index contributed by atoms with van der Waals surface area (Å²) in [5.41, 5.74) is 1.15. The predicted octanol–water partition coefficient (Wildman–Crippen LogP) is 2.06. The van der Waals surface area contributed by atoms with E-state index in [-0.39, 0.29) is 5.54 Å². The maximum Gasteiger partial charge on any atom is 0.0999 e. The molecular weight excluding hydrogens is 250 g/mol. The Labute approximate surface area is 122 Å². The highest BCUT2D eigenvalue weighted by Gasteiger charge is 2.47. The summed E-state index contributed by atoms with van der Waals surface area (Å²) in [5, 5.41) is 11.2. The van der Waals surface area contributed by atoms with Crippen LogP contribution in [0.15, 0.2) is 18.3 Å². The summed E-state index contributed by atoms with van der Waals surface area (Å²) < 4.78 is 0. The Hall–Kier alpha value is -1.13. The molecule has 1 aromatic rings. The van der Waals surface area contributed by atoms with Crippen LogP contribution in [0.4, 0.5) is 5.69 Å². The van der Waals surface area contributed by atoms with Crippen LogP contribution in [-0.2, 0) is 0 Å². The van der Waals surface area contributed by atoms with Gasteiger partial charge in [0.15, 0.2) is 0 Å². The van der Waals surface area contributed by atoms with E-state index in [0.717, 1.165) is 30.8 Å². The van der Waals surface area contributed by atoms with E-state index in [4.69, 9.17) is 0 Å². The Balaban J connectivity index is 2.22. The van der Waals surface area contributed by atoms with Gasteiger partial charge in [0.25, 0.3) is 0 Å². The van der Waals surface area contributed by atoms with E-state index in [9.17, 15) is 5.11 Å². The molecule has 20 heavy (non-hydrogen) atoms. The number of β-amino-alcohol motifs (C(OH)–C–C–N with tert-alkyl or cyclic N) is 1. The average molecular weight is 277 g/mol. The van der Waals surface area contributed by atoms with Crippen LogP contribution < -0.4 is 4.90 Å². The Kier molecular flexibility index (Phi) is 4.07. The van der Waals surface area contributed by atoms with E-state index in [0.29, 0.717) is 6.54 Å². The number of aliphatic hydroxyl groups is 1. The fourth-order valence-corrected chi connectivity index (χ4v) is 2.82. The minimum Gasteiger partial charge on any atom is -0.386 e. The molecule has 0 spiro atoms. The van der Waals surface area contributed by atoms with Gasteiger partial charge in [-0.15, -0.1) is 0 Å². The first kappa shape index (κ1) is 15.3. The van der Waals surface area contributed by atoms with E-state index >= 15 is 0 Å². The summed E-state index contributed by atoms with van der Waals surface area (Å²) >= 11 is 0. The molecule has 4 nitrogen and oxygen atoms in total. The van der Waals surface area contributed by atoms with Gasteiger partial charge in [-0.1, -0.05) is 0 Å². The van der Waals surface area contributed by atoms with E-state index in [1.54, 1.807) is 0 Å². The molecule has 112 valence electrons. The van der Waals surface area contributed by atoms with Crippen molar-refractivity contribution in [3.05, 3.63) is 24.0 Å². The smallest absolute Gasteiger partial charge is 0.0999 e. The van der Waals surface area contributed by atoms with Gasteiger partial charge in [0.1, 0.15) is 0 Å². The topological polar surface area (TPSA) is 39.6 Å². The minimum atomic E-state index is -0.709. The second kappa shape index (κ2) is 5.34. The number of hydrogen-bond acceptors (Lipinski definition) is 4. The molecule has 0 aromatic carbocycles. The second-order valence-electron chi connectivity index (χ2n) is 6.67. The maximum absolute atomic E-state index is 11.2. The monoisotopic (exact) mass is 277 g/mol. The summed E-state index contributed by atoms with van der Waals surface area (Å²) in [6.45, 7) is 7.86. The van der Waals surface area contributed by atoms with Crippen molar-refractivity contribution in [1.29, 1.82) is 0 Å². The average Bonchev–Trinajstić information content (AvgIpc) is 2.39. The maximum atomic E-state index is 11.2. The molecule has 1 aliphatic rings. The zero-order valence-corrected chi connectivity index (χ0v) is 13.3. The molecule has 0 aliphatic carbocycles. The number of anilines is 1. The van der Waals surface area contributed by atoms with Gasteiger partial charge in [-0.2, -0.15) is 0 Å². The third-order valence-electron chi connectivity index (χ3n) is 4.99. The molecule has 2 rings (SSSR count). The molecule has 1 atom stereocenters. The Morgan fingerprint density at radius 3 is 2.60 bits per heavy atom. The standard InChI is InChI=1S/C16H27N3O/c1-13-7-8-14(11-17-13)19-10-6-9-16(20,12-19)15(2,3)18(4)5/h7-8,11,20H,6,9-10,12H2,1-5H3/t16-/m1/s1. The number of piperidine rings is 1. The molecule has 1 N–H and O–H groups in total. The molecule has 1 fully saturated rings. The van der Waals surface area contributed by atoms with Crippen LogP contribution in [0, 0.1) is 6.92 Å². The third-order valence-corrected chi connectivity index (χ3v) is 4.99. The van der Waals surface area contributed by atoms with Crippen molar-refractivity contribution in [2.24, 2.45) is 0 Å². The fourth-order valence-electron chi connectivity index (χ4n) is 2.82. The van der Waals surface area contributed by atoms with Crippen molar-refractivity contribution < 1.29 is 5.11 Å². The van der Waals surface area contributed by atoms with Crippen molar-refractivity contribution in [2.45, 2.75) is 44.8 Å². The van der Waals surface area contributed by atoms with Crippen LogP contribution >= 0.6 is 0 Å². The van der Waals surface area contributed by atoms with Gasteiger partial charge in [0, 0.05) is 24.3 Å². The van der Waals surface area contributed by atoms with Gasteiger partial charge in [-0.3, -0.25) is 4.98 Å². The molecule has 0 unspecified atom stereocenters. The molecule has 0 bridgehead atoms. The number of pyridine rings is 1. The number of aromatic nitrogens is 1. The van der Waals surface area contributed by atoms with E-state index in [1.807, 2.05) is 33.3 Å². The van der Waals surface area contributed by atoms with Crippen molar-refractivity contribution in [1.82, 2.24) is 9.88 Å². The lowest BCUT2D eigenvalue weighted by atomic mass is 9.76. The normalized spacial score (nSPS) is 24.2. The molecule has 1 aromatic heterocycles. The Bertz CT molecular complexity index is 455. The lowest BCUT2D eigenvalue weighted by Gasteiger charge is -2.52. The van der Waals surface area contributed by atoms with Gasteiger partial charge in [-0.05, 0) is 59.8 Å². The highest BCUT2D eigenvalue weighted by molar-refractivity contribution is 5.46. The molecule has 0 amide bonds. The van der Waals surface area contributed by atoms with Gasteiger partial charge in [0.05, 0.1) is 17.5 Å². The lowest BCUT2D eigenvalue weighted by molar-refractivity contribution is -0.0882. The zero-order valence-electron chi connectivity index (χ0n) is 13.3. The zero-order chi connectivity index (χ0) is 15.0. The number of likely N-dealkylation sites (N-methyl/N-ethyl adjacent to an activating group) is 1. The molecule has 0 saturated carbocycles. The molecule has 4 heteroatoms. The van der Waals surface area contributed by atoms with E-state index in [1.165, 1.54) is 0 Å². The summed E-state index contributed by atoms with van der Waals surface area (Å²) in [5.74, 6) is 0. The first-order valence-corrected chi connectivity index (χ1v) is 7.34. The fraction of sp³-hybridized carbons (Fsp3) is 0.688. The summed E-state index contributed by atoms with van der Waals surface area (Å²) in [4.78, 5) is 8.73. The number of nitrogens with zero attached hydrogens (tertiary/aromatic N) is 3. The van der Waals surface area contributed by atoms with Gasteiger partial charge in [-0.25, -0.2) is 0 Å². The lowest BCUT2D eigenvalue weighted by Crippen LogP contribution is -2.65. The minimum absolute atomic E-state index is 0.260. The van der Waals surface area contributed by atoms with Gasteiger partial charge in [0.2, 0.25) is 0 Å². The summed E-state index contributed by atoms with van der Waals surface area (Å²) in [6, 6.07) is 4.12. The van der Waals surface area contributed by atoms with Crippen LogP contribution in [0.25, 0.3) is 0 Å². The largest absolute Gasteiger partial charge is 0.386 e. The highest BCUT2D eigenvalue weighted by Crippen LogP contribution is 2.36. The molecule has 2 heterocycles. The van der Waals surface area contributed by atoms with Gasteiger partial charge < -0.3 is 14.9 Å². The van der Waals surface area contributed by atoms with E-state index in [2.05, 4.69) is 34.7 Å². The molecule has 0 radical (unpaired) electrons. The van der Waals surface area contributed by atoms with Crippen LogP contribution in [0.3, 0.4) is 0 Å². The third kappa shape index (κ3) is 2.67. The summed E-state index contributed by atoms with van der Waals surface area (Å²) in [7, 11) is 4.06. The van der Waals surface area contributed by atoms with Crippen molar-refractivity contribution in [2.75, 3.05) is 32.1 Å². The van der Waals surface area contributed by atoms with Crippen LogP contribution in [0.1, 0.15) is 32.4 Å². The van der Waals surface area contributed by atoms with Gasteiger partial charge >= 0.3 is 0 Å². The van der Waals surface area contributed by atoms with Crippen LogP contribution in [0.2, 0.25) is 0 Å². The first-order chi connectivity index (χ1) is 9.26. The molecule has 1 saturated heterocycles. The van der Waals surface area contributed by atoms with Crippen molar-refractivity contribution in [3.8, 4) is 0 Å². The molecular formula is C16H27N3O. The van der Waals surface area contributed by atoms with Crippen molar-refractivity contribution >= 4 is 5.69 Å².